The van der Waals surface area contributed by atoms with E-state index in [1.807, 2.05) is 31.6 Å². The molecule has 23 heavy (non-hydrogen) atoms. The van der Waals surface area contributed by atoms with E-state index in [9.17, 15) is 4.79 Å². The van der Waals surface area contributed by atoms with Crippen LogP contribution in [-0.4, -0.2) is 39.0 Å². The number of nitrogens with one attached hydrogen (secondary N) is 2. The first-order valence-electron chi connectivity index (χ1n) is 7.84. The van der Waals surface area contributed by atoms with Gasteiger partial charge in [-0.1, -0.05) is 5.21 Å². The van der Waals surface area contributed by atoms with E-state index in [0.29, 0.717) is 11.7 Å². The van der Waals surface area contributed by atoms with E-state index in [2.05, 4.69) is 25.9 Å². The molecule has 124 valence electrons. The number of hydrogen-bond donors (Lipinski definition) is 2. The summed E-state index contributed by atoms with van der Waals surface area (Å²) in [4.78, 5) is 18.0. The number of hydrogen-bond acceptors (Lipinski definition) is 6. The maximum Gasteiger partial charge on any atom is 0.274 e. The van der Waals surface area contributed by atoms with Gasteiger partial charge in [0.1, 0.15) is 5.01 Å². The quantitative estimate of drug-likeness (QED) is 0.888. The molecule has 0 spiro atoms. The molecule has 2 N–H and O–H groups in total. The van der Waals surface area contributed by atoms with Crippen LogP contribution in [-0.2, 0) is 5.54 Å². The second-order valence-corrected chi connectivity index (χ2v) is 7.65. The Hall–Kier alpha value is -1.80. The molecule has 1 saturated heterocycles. The zero-order valence-electron chi connectivity index (χ0n) is 13.7. The Morgan fingerprint density at radius 3 is 2.83 bits per heavy atom. The lowest BCUT2D eigenvalue weighted by Crippen LogP contribution is -2.41. The van der Waals surface area contributed by atoms with Crippen LogP contribution in [0.3, 0.4) is 0 Å². The molecule has 3 rings (SSSR count). The predicted molar refractivity (Wildman–Crippen MR) is 88.5 cm³/mol. The third-order valence-corrected chi connectivity index (χ3v) is 5.24. The molecule has 0 unspecified atom stereocenters. The molecule has 2 aromatic heterocycles. The standard InChI is InChI=1S/C15H22N6OS/c1-10-8-17-14(23-10)15(2,3)18-13(22)12-9-21(20-19-12)11-4-6-16-7-5-11/h8-9,11,16H,4-7H2,1-3H3,(H,18,22). The van der Waals surface area contributed by atoms with E-state index in [1.54, 1.807) is 17.5 Å². The number of nitrogens with zero attached hydrogens (tertiary/aromatic N) is 4. The van der Waals surface area contributed by atoms with E-state index < -0.39 is 5.54 Å². The average molecular weight is 334 g/mol. The van der Waals surface area contributed by atoms with Crippen molar-refractivity contribution in [2.24, 2.45) is 0 Å². The molecule has 2 aromatic rings. The summed E-state index contributed by atoms with van der Waals surface area (Å²) in [6.07, 6.45) is 5.58. The van der Waals surface area contributed by atoms with E-state index in [4.69, 9.17) is 0 Å². The van der Waals surface area contributed by atoms with E-state index in [0.717, 1.165) is 35.8 Å². The Bertz CT molecular complexity index is 686. The van der Waals surface area contributed by atoms with Gasteiger partial charge in [-0.05, 0) is 46.7 Å². The molecule has 0 saturated carbocycles. The van der Waals surface area contributed by atoms with Crippen molar-refractivity contribution in [1.82, 2.24) is 30.6 Å². The Labute approximate surface area is 139 Å². The van der Waals surface area contributed by atoms with Gasteiger partial charge in [0.15, 0.2) is 5.69 Å². The largest absolute Gasteiger partial charge is 0.339 e. The summed E-state index contributed by atoms with van der Waals surface area (Å²) in [5.41, 5.74) is -0.181. The monoisotopic (exact) mass is 334 g/mol. The minimum atomic E-state index is -0.533. The fraction of sp³-hybridized carbons (Fsp3) is 0.600. The highest BCUT2D eigenvalue weighted by molar-refractivity contribution is 7.11. The summed E-state index contributed by atoms with van der Waals surface area (Å²) in [5.74, 6) is -0.219. The van der Waals surface area contributed by atoms with E-state index >= 15 is 0 Å². The molecular formula is C15H22N6OS. The van der Waals surface area contributed by atoms with Crippen LogP contribution in [0, 0.1) is 6.92 Å². The minimum Gasteiger partial charge on any atom is -0.339 e. The normalized spacial score (nSPS) is 16.5. The fourth-order valence-corrected chi connectivity index (χ4v) is 3.50. The van der Waals surface area contributed by atoms with Crippen molar-refractivity contribution in [3.63, 3.8) is 0 Å². The summed E-state index contributed by atoms with van der Waals surface area (Å²) in [5, 5.41) is 15.4. The molecule has 0 radical (unpaired) electrons. The predicted octanol–water partition coefficient (Wildman–Crippen LogP) is 1.63. The van der Waals surface area contributed by atoms with Gasteiger partial charge < -0.3 is 10.6 Å². The van der Waals surface area contributed by atoms with E-state index in [1.165, 1.54) is 0 Å². The number of rotatable bonds is 4. The number of carbonyl (C=O) groups excluding carboxylic acids is 1. The lowest BCUT2D eigenvalue weighted by atomic mass is 10.1. The first-order valence-corrected chi connectivity index (χ1v) is 8.65. The van der Waals surface area contributed by atoms with Gasteiger partial charge in [0.05, 0.1) is 17.8 Å². The Balaban J connectivity index is 1.69. The first-order chi connectivity index (χ1) is 11.0. The van der Waals surface area contributed by atoms with Gasteiger partial charge in [0.2, 0.25) is 0 Å². The van der Waals surface area contributed by atoms with Crippen LogP contribution in [0.5, 0.6) is 0 Å². The molecule has 1 amide bonds. The lowest BCUT2D eigenvalue weighted by molar-refractivity contribution is 0.0906. The number of amides is 1. The number of aryl methyl sites for hydroxylation is 1. The Morgan fingerprint density at radius 1 is 1.43 bits per heavy atom. The molecule has 0 aliphatic carbocycles. The van der Waals surface area contributed by atoms with Crippen molar-refractivity contribution in [1.29, 1.82) is 0 Å². The summed E-state index contributed by atoms with van der Waals surface area (Å²) in [6, 6.07) is 0.319. The molecule has 0 bridgehead atoms. The number of carbonyl (C=O) groups is 1. The highest BCUT2D eigenvalue weighted by Crippen LogP contribution is 2.25. The fourth-order valence-electron chi connectivity index (χ4n) is 2.68. The van der Waals surface area contributed by atoms with Crippen LogP contribution >= 0.6 is 11.3 Å². The second kappa shape index (κ2) is 6.37. The van der Waals surface area contributed by atoms with E-state index in [-0.39, 0.29) is 5.91 Å². The van der Waals surface area contributed by atoms with Gasteiger partial charge in [-0.2, -0.15) is 0 Å². The van der Waals surface area contributed by atoms with Crippen LogP contribution in [0.15, 0.2) is 12.4 Å². The number of thiazole rings is 1. The van der Waals surface area contributed by atoms with Crippen molar-refractivity contribution in [2.75, 3.05) is 13.1 Å². The maximum atomic E-state index is 12.5. The van der Waals surface area contributed by atoms with Crippen molar-refractivity contribution < 1.29 is 4.79 Å². The molecule has 1 aliphatic heterocycles. The van der Waals surface area contributed by atoms with Gasteiger partial charge in [-0.25, -0.2) is 9.67 Å². The molecule has 0 aromatic carbocycles. The SMILES string of the molecule is Cc1cnc(C(C)(C)NC(=O)c2cn(C3CCNCC3)nn2)s1. The first kappa shape index (κ1) is 16.1. The summed E-state index contributed by atoms with van der Waals surface area (Å²) in [6.45, 7) is 7.84. The van der Waals surface area contributed by atoms with Crippen LogP contribution in [0.4, 0.5) is 0 Å². The third kappa shape index (κ3) is 3.59. The molecule has 1 aliphatic rings. The van der Waals surface area contributed by atoms with Crippen LogP contribution in [0.1, 0.15) is 53.1 Å². The summed E-state index contributed by atoms with van der Waals surface area (Å²) in [7, 11) is 0. The number of aromatic nitrogens is 4. The van der Waals surface area contributed by atoms with Gasteiger partial charge in [-0.15, -0.1) is 16.4 Å². The highest BCUT2D eigenvalue weighted by atomic mass is 32.1. The highest BCUT2D eigenvalue weighted by Gasteiger charge is 2.28. The molecule has 3 heterocycles. The zero-order chi connectivity index (χ0) is 16.4. The van der Waals surface area contributed by atoms with Crippen LogP contribution in [0.2, 0.25) is 0 Å². The molecule has 7 nitrogen and oxygen atoms in total. The van der Waals surface area contributed by atoms with Gasteiger partial charge in [0.25, 0.3) is 5.91 Å². The van der Waals surface area contributed by atoms with Crippen molar-refractivity contribution in [2.45, 2.75) is 45.2 Å². The molecule has 8 heteroatoms. The van der Waals surface area contributed by atoms with Gasteiger partial charge >= 0.3 is 0 Å². The summed E-state index contributed by atoms with van der Waals surface area (Å²) < 4.78 is 1.82. The molecular weight excluding hydrogens is 312 g/mol. The van der Waals surface area contributed by atoms with Crippen molar-refractivity contribution >= 4 is 17.2 Å². The van der Waals surface area contributed by atoms with Crippen LogP contribution in [0.25, 0.3) is 0 Å². The number of piperidine rings is 1. The van der Waals surface area contributed by atoms with Crippen LogP contribution < -0.4 is 10.6 Å². The lowest BCUT2D eigenvalue weighted by Gasteiger charge is -2.23. The van der Waals surface area contributed by atoms with Crippen molar-refractivity contribution in [3.05, 3.63) is 28.0 Å². The molecule has 1 fully saturated rings. The van der Waals surface area contributed by atoms with Gasteiger partial charge in [-0.3, -0.25) is 4.79 Å². The smallest absolute Gasteiger partial charge is 0.274 e. The topological polar surface area (TPSA) is 84.7 Å². The Kier molecular flexibility index (Phi) is 4.45. The second-order valence-electron chi connectivity index (χ2n) is 6.42. The minimum absolute atomic E-state index is 0.219. The maximum absolute atomic E-state index is 12.5. The van der Waals surface area contributed by atoms with Crippen molar-refractivity contribution in [3.8, 4) is 0 Å². The zero-order valence-corrected chi connectivity index (χ0v) is 14.5. The molecule has 0 atom stereocenters. The van der Waals surface area contributed by atoms with Gasteiger partial charge in [0, 0.05) is 11.1 Å². The average Bonchev–Trinajstić information content (AvgIpc) is 3.17. The summed E-state index contributed by atoms with van der Waals surface area (Å²) >= 11 is 1.59. The third-order valence-electron chi connectivity index (χ3n) is 4.01. The Morgan fingerprint density at radius 2 is 2.17 bits per heavy atom.